The Labute approximate surface area is 137 Å². The third kappa shape index (κ3) is 5.91. The largest absolute Gasteiger partial charge is 0.467 e. The minimum absolute atomic E-state index is 0.0646. The van der Waals surface area contributed by atoms with Crippen molar-refractivity contribution < 1.29 is 13.9 Å². The zero-order valence-corrected chi connectivity index (χ0v) is 13.7. The maximum atomic E-state index is 12.4. The minimum Gasteiger partial charge on any atom is -0.467 e. The van der Waals surface area contributed by atoms with E-state index in [0.717, 1.165) is 30.6 Å². The van der Waals surface area contributed by atoms with Gasteiger partial charge in [-0.3, -0.25) is 4.79 Å². The molecule has 1 heterocycles. The van der Waals surface area contributed by atoms with Crippen LogP contribution in [0.1, 0.15) is 43.4 Å². The zero-order chi connectivity index (χ0) is 16.3. The second kappa shape index (κ2) is 9.85. The van der Waals surface area contributed by atoms with Gasteiger partial charge in [0.05, 0.1) is 12.2 Å². The van der Waals surface area contributed by atoms with Gasteiger partial charge >= 0.3 is 0 Å². The molecule has 0 radical (unpaired) electrons. The molecule has 0 fully saturated rings. The normalized spacial score (nSPS) is 12.0. The number of carbonyl (C=O) groups is 1. The maximum absolute atomic E-state index is 12.4. The van der Waals surface area contributed by atoms with Gasteiger partial charge in [0.1, 0.15) is 12.4 Å². The molecule has 1 aromatic heterocycles. The highest BCUT2D eigenvalue weighted by Gasteiger charge is 2.18. The van der Waals surface area contributed by atoms with Crippen molar-refractivity contribution in [1.82, 2.24) is 5.32 Å². The van der Waals surface area contributed by atoms with E-state index in [1.54, 1.807) is 6.26 Å². The highest BCUT2D eigenvalue weighted by molar-refractivity contribution is 5.83. The summed E-state index contributed by atoms with van der Waals surface area (Å²) in [4.78, 5) is 12.4. The predicted octanol–water partition coefficient (Wildman–Crippen LogP) is 3.89. The van der Waals surface area contributed by atoms with Crippen LogP contribution in [0.25, 0.3) is 0 Å². The van der Waals surface area contributed by atoms with E-state index in [1.165, 1.54) is 0 Å². The highest BCUT2D eigenvalue weighted by atomic mass is 16.5. The lowest BCUT2D eigenvalue weighted by Crippen LogP contribution is -2.30. The first-order valence-corrected chi connectivity index (χ1v) is 8.24. The van der Waals surface area contributed by atoms with Crippen molar-refractivity contribution >= 4 is 5.91 Å². The first kappa shape index (κ1) is 17.3. The fourth-order valence-electron chi connectivity index (χ4n) is 2.50. The summed E-state index contributed by atoms with van der Waals surface area (Å²) in [6.07, 6.45) is 4.28. The summed E-state index contributed by atoms with van der Waals surface area (Å²) in [7, 11) is 0. The third-order valence-corrected chi connectivity index (χ3v) is 3.68. The Kier molecular flexibility index (Phi) is 7.40. The third-order valence-electron chi connectivity index (χ3n) is 3.68. The quantitative estimate of drug-likeness (QED) is 0.677. The summed E-state index contributed by atoms with van der Waals surface area (Å²) >= 11 is 0. The van der Waals surface area contributed by atoms with Crippen molar-refractivity contribution in [3.63, 3.8) is 0 Å². The number of hydrogen-bond donors (Lipinski definition) is 1. The Morgan fingerprint density at radius 3 is 2.74 bits per heavy atom. The van der Waals surface area contributed by atoms with Crippen LogP contribution in [-0.2, 0) is 16.1 Å². The van der Waals surface area contributed by atoms with Gasteiger partial charge in [-0.15, -0.1) is 0 Å². The van der Waals surface area contributed by atoms with E-state index in [0.29, 0.717) is 19.8 Å². The Morgan fingerprint density at radius 1 is 1.22 bits per heavy atom. The molecule has 1 amide bonds. The molecule has 0 aliphatic heterocycles. The smallest absolute Gasteiger partial charge is 0.227 e. The summed E-state index contributed by atoms with van der Waals surface area (Å²) in [5.74, 6) is 0.857. The Balaban J connectivity index is 1.68. The minimum atomic E-state index is -0.0646. The molecule has 0 aliphatic carbocycles. The predicted molar refractivity (Wildman–Crippen MR) is 90.1 cm³/mol. The standard InChI is InChI=1S/C19H25NO3/c1-2-8-18(16-9-4-3-5-10-16)19(21)20-12-7-13-22-15-17-11-6-14-23-17/h3-6,9-11,14,18H,2,7-8,12-13,15H2,1H3,(H,20,21). The lowest BCUT2D eigenvalue weighted by Gasteiger charge is -2.16. The number of hydrogen-bond acceptors (Lipinski definition) is 3. The van der Waals surface area contributed by atoms with Gasteiger partial charge in [-0.2, -0.15) is 0 Å². The lowest BCUT2D eigenvalue weighted by atomic mass is 9.93. The van der Waals surface area contributed by atoms with Crippen LogP contribution in [0.15, 0.2) is 53.1 Å². The highest BCUT2D eigenvalue weighted by Crippen LogP contribution is 2.21. The lowest BCUT2D eigenvalue weighted by molar-refractivity contribution is -0.122. The topological polar surface area (TPSA) is 51.5 Å². The van der Waals surface area contributed by atoms with Crippen molar-refractivity contribution in [2.45, 2.75) is 38.7 Å². The van der Waals surface area contributed by atoms with Crippen LogP contribution in [0.4, 0.5) is 0 Å². The van der Waals surface area contributed by atoms with Gasteiger partial charge in [-0.05, 0) is 30.5 Å². The van der Waals surface area contributed by atoms with Crippen molar-refractivity contribution in [3.8, 4) is 0 Å². The number of nitrogens with one attached hydrogen (secondary N) is 1. The molecule has 1 atom stereocenters. The number of benzene rings is 1. The summed E-state index contributed by atoms with van der Waals surface area (Å²) in [5, 5.41) is 3.02. The zero-order valence-electron chi connectivity index (χ0n) is 13.7. The molecule has 23 heavy (non-hydrogen) atoms. The molecule has 1 unspecified atom stereocenters. The van der Waals surface area contributed by atoms with Gasteiger partial charge < -0.3 is 14.5 Å². The second-order valence-corrected chi connectivity index (χ2v) is 5.53. The SMILES string of the molecule is CCCC(C(=O)NCCCOCc1ccco1)c1ccccc1. The van der Waals surface area contributed by atoms with Gasteiger partial charge in [0.25, 0.3) is 0 Å². The first-order valence-electron chi connectivity index (χ1n) is 8.24. The fraction of sp³-hybridized carbons (Fsp3) is 0.421. The van der Waals surface area contributed by atoms with Crippen LogP contribution in [0.2, 0.25) is 0 Å². The molecule has 2 rings (SSSR count). The maximum Gasteiger partial charge on any atom is 0.227 e. The number of amides is 1. The van der Waals surface area contributed by atoms with Crippen LogP contribution in [0.3, 0.4) is 0 Å². The van der Waals surface area contributed by atoms with Crippen LogP contribution in [0, 0.1) is 0 Å². The Morgan fingerprint density at radius 2 is 2.04 bits per heavy atom. The molecule has 1 N–H and O–H groups in total. The monoisotopic (exact) mass is 315 g/mol. The van der Waals surface area contributed by atoms with E-state index in [1.807, 2.05) is 42.5 Å². The average molecular weight is 315 g/mol. The number of ether oxygens (including phenoxy) is 1. The van der Waals surface area contributed by atoms with E-state index >= 15 is 0 Å². The van der Waals surface area contributed by atoms with Gasteiger partial charge in [0.15, 0.2) is 0 Å². The summed E-state index contributed by atoms with van der Waals surface area (Å²) < 4.78 is 10.7. The van der Waals surface area contributed by atoms with Gasteiger partial charge in [-0.1, -0.05) is 43.7 Å². The van der Waals surface area contributed by atoms with E-state index in [4.69, 9.17) is 9.15 Å². The van der Waals surface area contributed by atoms with Crippen LogP contribution >= 0.6 is 0 Å². The average Bonchev–Trinajstić information content (AvgIpc) is 3.10. The van der Waals surface area contributed by atoms with Crippen molar-refractivity contribution in [2.24, 2.45) is 0 Å². The van der Waals surface area contributed by atoms with Gasteiger partial charge in [0.2, 0.25) is 5.91 Å². The van der Waals surface area contributed by atoms with E-state index in [-0.39, 0.29) is 11.8 Å². The van der Waals surface area contributed by atoms with Crippen LogP contribution in [-0.4, -0.2) is 19.1 Å². The number of furan rings is 1. The molecule has 0 saturated carbocycles. The van der Waals surface area contributed by atoms with Crippen LogP contribution < -0.4 is 5.32 Å². The summed E-state index contributed by atoms with van der Waals surface area (Å²) in [5.41, 5.74) is 1.08. The molecule has 0 aliphatic rings. The Bertz CT molecular complexity index is 551. The molecule has 124 valence electrons. The number of rotatable bonds is 10. The summed E-state index contributed by atoms with van der Waals surface area (Å²) in [6, 6.07) is 13.7. The molecule has 0 spiro atoms. The second-order valence-electron chi connectivity index (χ2n) is 5.53. The molecule has 0 saturated heterocycles. The first-order chi connectivity index (χ1) is 11.3. The van der Waals surface area contributed by atoms with Crippen molar-refractivity contribution in [1.29, 1.82) is 0 Å². The molecule has 4 heteroatoms. The molecular weight excluding hydrogens is 290 g/mol. The van der Waals surface area contributed by atoms with E-state index < -0.39 is 0 Å². The van der Waals surface area contributed by atoms with Gasteiger partial charge in [0, 0.05) is 13.2 Å². The molecule has 2 aromatic rings. The number of carbonyl (C=O) groups excluding carboxylic acids is 1. The summed E-state index contributed by atoms with van der Waals surface area (Å²) in [6.45, 7) is 3.81. The fourth-order valence-corrected chi connectivity index (χ4v) is 2.50. The van der Waals surface area contributed by atoms with Crippen molar-refractivity contribution in [3.05, 3.63) is 60.1 Å². The molecule has 4 nitrogen and oxygen atoms in total. The molecule has 0 bridgehead atoms. The van der Waals surface area contributed by atoms with Crippen LogP contribution in [0.5, 0.6) is 0 Å². The van der Waals surface area contributed by atoms with Gasteiger partial charge in [-0.25, -0.2) is 0 Å². The van der Waals surface area contributed by atoms with Crippen molar-refractivity contribution in [2.75, 3.05) is 13.2 Å². The Hall–Kier alpha value is -2.07. The van der Waals surface area contributed by atoms with E-state index in [2.05, 4.69) is 12.2 Å². The molecule has 1 aromatic carbocycles. The molecular formula is C19H25NO3. The van der Waals surface area contributed by atoms with E-state index in [9.17, 15) is 4.79 Å².